The van der Waals surface area contributed by atoms with Crippen molar-refractivity contribution in [2.45, 2.75) is 25.7 Å². The molecule has 0 N–H and O–H groups in total. The zero-order valence-corrected chi connectivity index (χ0v) is 9.08. The van der Waals surface area contributed by atoms with Crippen LogP contribution in [0.5, 0.6) is 0 Å². The Bertz CT molecular complexity index is 336. The molecule has 4 heteroatoms. The molecule has 0 aromatic heterocycles. The van der Waals surface area contributed by atoms with Gasteiger partial charge in [0.15, 0.2) is 0 Å². The lowest BCUT2D eigenvalue weighted by Gasteiger charge is -2.14. The van der Waals surface area contributed by atoms with Crippen LogP contribution in [0.2, 0.25) is 0 Å². The van der Waals surface area contributed by atoms with E-state index in [2.05, 4.69) is 4.74 Å². The lowest BCUT2D eigenvalue weighted by molar-refractivity contribution is -0.172. The van der Waals surface area contributed by atoms with Crippen LogP contribution in [0, 0.1) is 0 Å². The number of hydrogen-bond donors (Lipinski definition) is 0. The first-order valence-corrected chi connectivity index (χ1v) is 5.15. The number of carbonyl (C=O) groups excluding carboxylic acids is 1. The van der Waals surface area contributed by atoms with E-state index in [-0.39, 0.29) is 13.0 Å². The molecule has 0 saturated heterocycles. The first-order valence-electron chi connectivity index (χ1n) is 5.15. The van der Waals surface area contributed by atoms with Gasteiger partial charge in [-0.3, -0.25) is 0 Å². The summed E-state index contributed by atoms with van der Waals surface area (Å²) in [5.74, 6) is -4.84. The maximum absolute atomic E-state index is 13.2. The minimum Gasteiger partial charge on any atom is -0.462 e. The second kappa shape index (κ2) is 5.58. The van der Waals surface area contributed by atoms with Gasteiger partial charge in [-0.15, -0.1) is 0 Å². The first kappa shape index (κ1) is 12.6. The zero-order valence-electron chi connectivity index (χ0n) is 9.08. The van der Waals surface area contributed by atoms with Gasteiger partial charge in [0, 0.05) is 6.42 Å². The number of carbonyl (C=O) groups is 1. The molecule has 16 heavy (non-hydrogen) atoms. The average Bonchev–Trinajstić information content (AvgIpc) is 2.28. The zero-order chi connectivity index (χ0) is 12.0. The van der Waals surface area contributed by atoms with Gasteiger partial charge in [-0.25, -0.2) is 4.79 Å². The van der Waals surface area contributed by atoms with Crippen molar-refractivity contribution in [3.8, 4) is 0 Å². The molecule has 0 aliphatic carbocycles. The molecular formula is C12H14F2O2. The Hall–Kier alpha value is -1.45. The maximum Gasteiger partial charge on any atom is 0.376 e. The molecule has 1 rings (SSSR count). The summed E-state index contributed by atoms with van der Waals surface area (Å²) in [5.41, 5.74) is 0.784. The van der Waals surface area contributed by atoms with Gasteiger partial charge in [0.05, 0.1) is 6.61 Å². The quantitative estimate of drug-likeness (QED) is 0.724. The van der Waals surface area contributed by atoms with Gasteiger partial charge in [0.25, 0.3) is 0 Å². The van der Waals surface area contributed by atoms with Crippen molar-refractivity contribution in [3.05, 3.63) is 35.9 Å². The third kappa shape index (κ3) is 3.61. The molecule has 0 aliphatic heterocycles. The number of ether oxygens (including phenoxy) is 1. The molecule has 88 valence electrons. The summed E-state index contributed by atoms with van der Waals surface area (Å²) in [5, 5.41) is 0. The second-order valence-electron chi connectivity index (χ2n) is 3.41. The predicted molar refractivity (Wildman–Crippen MR) is 56.3 cm³/mol. The molecule has 0 saturated carbocycles. The highest BCUT2D eigenvalue weighted by atomic mass is 19.3. The Morgan fingerprint density at radius 3 is 2.50 bits per heavy atom. The van der Waals surface area contributed by atoms with Gasteiger partial charge in [0.2, 0.25) is 0 Å². The average molecular weight is 228 g/mol. The van der Waals surface area contributed by atoms with Crippen LogP contribution in [0.25, 0.3) is 0 Å². The number of benzene rings is 1. The summed E-state index contributed by atoms with van der Waals surface area (Å²) in [6, 6.07) is 8.87. The molecule has 0 heterocycles. The van der Waals surface area contributed by atoms with Crippen LogP contribution in [-0.4, -0.2) is 18.5 Å². The molecule has 0 atom stereocenters. The van der Waals surface area contributed by atoms with Crippen LogP contribution in [0.4, 0.5) is 8.78 Å². The predicted octanol–water partition coefficient (Wildman–Crippen LogP) is 2.82. The van der Waals surface area contributed by atoms with Gasteiger partial charge in [-0.1, -0.05) is 30.3 Å². The number of alkyl halides is 2. The summed E-state index contributed by atoms with van der Waals surface area (Å²) in [6.07, 6.45) is -0.359. The second-order valence-corrected chi connectivity index (χ2v) is 3.41. The van der Waals surface area contributed by atoms with E-state index in [1.807, 2.05) is 6.07 Å². The molecule has 0 amide bonds. The number of esters is 1. The third-order valence-corrected chi connectivity index (χ3v) is 2.14. The SMILES string of the molecule is CCOC(=O)C(F)(F)CCc1ccccc1. The van der Waals surface area contributed by atoms with E-state index < -0.39 is 18.3 Å². The number of aryl methyl sites for hydroxylation is 1. The molecule has 0 spiro atoms. The molecule has 0 radical (unpaired) electrons. The highest BCUT2D eigenvalue weighted by Gasteiger charge is 2.39. The fourth-order valence-electron chi connectivity index (χ4n) is 1.28. The van der Waals surface area contributed by atoms with Crippen LogP contribution < -0.4 is 0 Å². The molecule has 0 unspecified atom stereocenters. The van der Waals surface area contributed by atoms with Crippen LogP contribution >= 0.6 is 0 Å². The standard InChI is InChI=1S/C12H14F2O2/c1-2-16-11(15)12(13,14)9-8-10-6-4-3-5-7-10/h3-7H,2,8-9H2,1H3. The van der Waals surface area contributed by atoms with Crippen molar-refractivity contribution in [1.29, 1.82) is 0 Å². The molecule has 2 nitrogen and oxygen atoms in total. The number of rotatable bonds is 5. The Morgan fingerprint density at radius 1 is 1.31 bits per heavy atom. The van der Waals surface area contributed by atoms with E-state index in [9.17, 15) is 13.6 Å². The number of halogens is 2. The smallest absolute Gasteiger partial charge is 0.376 e. The van der Waals surface area contributed by atoms with Crippen molar-refractivity contribution >= 4 is 5.97 Å². The fraction of sp³-hybridized carbons (Fsp3) is 0.417. The van der Waals surface area contributed by atoms with Crippen molar-refractivity contribution < 1.29 is 18.3 Å². The van der Waals surface area contributed by atoms with Gasteiger partial charge < -0.3 is 4.74 Å². The molecule has 0 aliphatic rings. The minimum atomic E-state index is -3.40. The topological polar surface area (TPSA) is 26.3 Å². The van der Waals surface area contributed by atoms with Crippen molar-refractivity contribution in [2.24, 2.45) is 0 Å². The largest absolute Gasteiger partial charge is 0.462 e. The molecule has 0 fully saturated rings. The monoisotopic (exact) mass is 228 g/mol. The summed E-state index contributed by atoms with van der Waals surface area (Å²) in [7, 11) is 0. The summed E-state index contributed by atoms with van der Waals surface area (Å²) < 4.78 is 30.7. The summed E-state index contributed by atoms with van der Waals surface area (Å²) in [4.78, 5) is 10.9. The molecule has 1 aromatic carbocycles. The number of hydrogen-bond acceptors (Lipinski definition) is 2. The molecule has 1 aromatic rings. The van der Waals surface area contributed by atoms with Crippen LogP contribution in [0.1, 0.15) is 18.9 Å². The summed E-state index contributed by atoms with van der Waals surface area (Å²) >= 11 is 0. The Balaban J connectivity index is 2.51. The Kier molecular flexibility index (Phi) is 4.40. The Labute approximate surface area is 93.2 Å². The van der Waals surface area contributed by atoms with Crippen molar-refractivity contribution in [1.82, 2.24) is 0 Å². The lowest BCUT2D eigenvalue weighted by Crippen LogP contribution is -2.31. The van der Waals surface area contributed by atoms with E-state index in [1.54, 1.807) is 24.3 Å². The molecular weight excluding hydrogens is 214 g/mol. The van der Waals surface area contributed by atoms with Gasteiger partial charge in [0.1, 0.15) is 0 Å². The lowest BCUT2D eigenvalue weighted by atomic mass is 10.1. The normalized spacial score (nSPS) is 11.2. The van der Waals surface area contributed by atoms with Crippen LogP contribution in [0.15, 0.2) is 30.3 Å². The van der Waals surface area contributed by atoms with E-state index >= 15 is 0 Å². The van der Waals surface area contributed by atoms with Gasteiger partial charge >= 0.3 is 11.9 Å². The van der Waals surface area contributed by atoms with Crippen molar-refractivity contribution in [3.63, 3.8) is 0 Å². The van der Waals surface area contributed by atoms with Gasteiger partial charge in [-0.2, -0.15) is 8.78 Å². The van der Waals surface area contributed by atoms with E-state index in [1.165, 1.54) is 6.92 Å². The summed E-state index contributed by atoms with van der Waals surface area (Å²) in [6.45, 7) is 1.48. The van der Waals surface area contributed by atoms with Crippen molar-refractivity contribution in [2.75, 3.05) is 6.61 Å². The van der Waals surface area contributed by atoms with E-state index in [0.717, 1.165) is 5.56 Å². The van der Waals surface area contributed by atoms with E-state index in [0.29, 0.717) is 0 Å². The third-order valence-electron chi connectivity index (χ3n) is 2.14. The molecule has 0 bridgehead atoms. The van der Waals surface area contributed by atoms with Crippen LogP contribution in [-0.2, 0) is 16.0 Å². The Morgan fingerprint density at radius 2 is 1.94 bits per heavy atom. The minimum absolute atomic E-state index is 0.0280. The first-order chi connectivity index (χ1) is 7.56. The van der Waals surface area contributed by atoms with Crippen LogP contribution in [0.3, 0.4) is 0 Å². The van der Waals surface area contributed by atoms with E-state index in [4.69, 9.17) is 0 Å². The fourth-order valence-corrected chi connectivity index (χ4v) is 1.28. The highest BCUT2D eigenvalue weighted by Crippen LogP contribution is 2.22. The highest BCUT2D eigenvalue weighted by molar-refractivity contribution is 5.77. The maximum atomic E-state index is 13.2. The van der Waals surface area contributed by atoms with Gasteiger partial charge in [-0.05, 0) is 18.9 Å².